The van der Waals surface area contributed by atoms with E-state index >= 15 is 0 Å². The first-order valence-electron chi connectivity index (χ1n) is 30.2. The second kappa shape index (κ2) is 19.0. The van der Waals surface area contributed by atoms with Gasteiger partial charge in [0.2, 0.25) is 0 Å². The lowest BCUT2D eigenvalue weighted by molar-refractivity contribution is 0.660. The highest BCUT2D eigenvalue weighted by Crippen LogP contribution is 2.55. The fourth-order valence-corrected chi connectivity index (χ4v) is 15.1. The Labute approximate surface area is 502 Å². The minimum absolute atomic E-state index is 0.169. The molecule has 0 amide bonds. The molecule has 0 heterocycles. The zero-order valence-electron chi connectivity index (χ0n) is 48.6. The minimum Gasteiger partial charge on any atom is -0.310 e. The van der Waals surface area contributed by atoms with Crippen molar-refractivity contribution in [1.82, 2.24) is 0 Å². The van der Waals surface area contributed by atoms with Gasteiger partial charge in [-0.25, -0.2) is 0 Å². The number of hydrogen-bond acceptors (Lipinski definition) is 2. The lowest BCUT2D eigenvalue weighted by atomic mass is 9.82. The van der Waals surface area contributed by atoms with Crippen LogP contribution < -0.4 is 9.80 Å². The molecule has 15 aromatic carbocycles. The van der Waals surface area contributed by atoms with Gasteiger partial charge in [0.15, 0.2) is 0 Å². The van der Waals surface area contributed by atoms with E-state index in [1.807, 2.05) is 0 Å². The van der Waals surface area contributed by atoms with Crippen molar-refractivity contribution in [2.45, 2.75) is 38.5 Å². The molecule has 86 heavy (non-hydrogen) atoms. The van der Waals surface area contributed by atoms with Crippen LogP contribution in [0.4, 0.5) is 34.1 Å². The van der Waals surface area contributed by atoms with E-state index in [4.69, 9.17) is 0 Å². The minimum atomic E-state index is -0.169. The van der Waals surface area contributed by atoms with Crippen LogP contribution in [0.15, 0.2) is 291 Å². The van der Waals surface area contributed by atoms with Gasteiger partial charge in [0, 0.05) is 45.0 Å². The average Bonchev–Trinajstić information content (AvgIpc) is 1.14. The van der Waals surface area contributed by atoms with Crippen LogP contribution in [0.3, 0.4) is 0 Å². The second-order valence-electron chi connectivity index (χ2n) is 24.8. The van der Waals surface area contributed by atoms with Crippen molar-refractivity contribution in [2.75, 3.05) is 9.80 Å². The SMILES string of the molecule is CC1(C)c2ccccc2-c2ccc(N(c3ccccc3)c3ccc4c(-c5ccc6ccc7ccccc7c6c5)c5cc(N(c6ccccc6)c6ccc7c(c6)C(C)(C)c6ccccc6-7)ccc5c(-c5ccc6ccc7ccccc7c6c5)c4c3)cc21. The highest BCUT2D eigenvalue weighted by atomic mass is 15.1. The highest BCUT2D eigenvalue weighted by Gasteiger charge is 2.37. The molecule has 0 aliphatic heterocycles. The summed E-state index contributed by atoms with van der Waals surface area (Å²) in [5.41, 5.74) is 21.7. The predicted molar refractivity (Wildman–Crippen MR) is 367 cm³/mol. The van der Waals surface area contributed by atoms with Crippen molar-refractivity contribution < 1.29 is 0 Å². The van der Waals surface area contributed by atoms with Gasteiger partial charge in [-0.05, 0) is 216 Å². The maximum absolute atomic E-state index is 2.49. The molecule has 2 aliphatic carbocycles. The van der Waals surface area contributed by atoms with Crippen molar-refractivity contribution in [3.05, 3.63) is 313 Å². The Morgan fingerprint density at radius 2 is 0.547 bits per heavy atom. The lowest BCUT2D eigenvalue weighted by Crippen LogP contribution is -2.16. The summed E-state index contributed by atoms with van der Waals surface area (Å²) >= 11 is 0. The number of para-hydroxylation sites is 2. The fraction of sp³-hybridized carbons (Fsp3) is 0.0714. The van der Waals surface area contributed by atoms with Gasteiger partial charge in [0.1, 0.15) is 0 Å². The molecule has 0 atom stereocenters. The summed E-state index contributed by atoms with van der Waals surface area (Å²) in [5, 5.41) is 14.6. The summed E-state index contributed by atoms with van der Waals surface area (Å²) in [7, 11) is 0. The van der Waals surface area contributed by atoms with Crippen LogP contribution in [-0.4, -0.2) is 0 Å². The van der Waals surface area contributed by atoms with Crippen molar-refractivity contribution in [1.29, 1.82) is 0 Å². The third-order valence-corrected chi connectivity index (χ3v) is 19.4. The van der Waals surface area contributed by atoms with Crippen molar-refractivity contribution >= 4 is 98.8 Å². The molecule has 0 saturated heterocycles. The molecule has 2 nitrogen and oxygen atoms in total. The largest absolute Gasteiger partial charge is 0.310 e. The summed E-state index contributed by atoms with van der Waals surface area (Å²) < 4.78 is 0. The summed E-state index contributed by atoms with van der Waals surface area (Å²) in [6.07, 6.45) is 0. The van der Waals surface area contributed by atoms with Crippen LogP contribution >= 0.6 is 0 Å². The summed E-state index contributed by atoms with van der Waals surface area (Å²) in [5.74, 6) is 0. The molecule has 2 heteroatoms. The van der Waals surface area contributed by atoms with Gasteiger partial charge < -0.3 is 9.80 Å². The first-order chi connectivity index (χ1) is 42.2. The maximum atomic E-state index is 2.49. The lowest BCUT2D eigenvalue weighted by Gasteiger charge is -2.30. The van der Waals surface area contributed by atoms with Gasteiger partial charge >= 0.3 is 0 Å². The number of anilines is 6. The summed E-state index contributed by atoms with van der Waals surface area (Å²) in [6, 6.07) is 110. The molecule has 0 fully saturated rings. The topological polar surface area (TPSA) is 6.48 Å². The van der Waals surface area contributed by atoms with E-state index in [9.17, 15) is 0 Å². The Balaban J connectivity index is 0.971. The number of rotatable bonds is 8. The van der Waals surface area contributed by atoms with Crippen LogP contribution in [0.25, 0.3) is 109 Å². The number of hydrogen-bond donors (Lipinski definition) is 0. The Kier molecular flexibility index (Phi) is 11.0. The molecule has 0 bridgehead atoms. The first-order valence-corrected chi connectivity index (χ1v) is 30.2. The Hall–Kier alpha value is -10.5. The Morgan fingerprint density at radius 3 is 0.988 bits per heavy atom. The quantitative estimate of drug-likeness (QED) is 0.111. The van der Waals surface area contributed by atoms with Crippen molar-refractivity contribution in [3.8, 4) is 44.5 Å². The van der Waals surface area contributed by atoms with Gasteiger partial charge in [-0.3, -0.25) is 0 Å². The van der Waals surface area contributed by atoms with E-state index in [1.54, 1.807) is 0 Å². The van der Waals surface area contributed by atoms with Crippen LogP contribution in [0.2, 0.25) is 0 Å². The number of fused-ring (bicyclic) bond motifs is 14. The van der Waals surface area contributed by atoms with Gasteiger partial charge in [0.25, 0.3) is 0 Å². The van der Waals surface area contributed by atoms with Crippen LogP contribution in [0.5, 0.6) is 0 Å². The van der Waals surface area contributed by atoms with Crippen LogP contribution in [0.1, 0.15) is 49.9 Å². The number of benzene rings is 15. The van der Waals surface area contributed by atoms with E-state index < -0.39 is 0 Å². The van der Waals surface area contributed by atoms with E-state index in [1.165, 1.54) is 131 Å². The molecule has 0 N–H and O–H groups in total. The van der Waals surface area contributed by atoms with E-state index in [2.05, 4.69) is 329 Å². The monoisotopic (exact) mass is 1100 g/mol. The summed E-state index contributed by atoms with van der Waals surface area (Å²) in [4.78, 5) is 4.94. The Morgan fingerprint density at radius 1 is 0.209 bits per heavy atom. The fourth-order valence-electron chi connectivity index (χ4n) is 15.1. The van der Waals surface area contributed by atoms with Crippen LogP contribution in [0, 0.1) is 0 Å². The van der Waals surface area contributed by atoms with Gasteiger partial charge in [-0.15, -0.1) is 0 Å². The van der Waals surface area contributed by atoms with E-state index in [0.29, 0.717) is 0 Å². The van der Waals surface area contributed by atoms with Crippen molar-refractivity contribution in [2.24, 2.45) is 0 Å². The smallest absolute Gasteiger partial charge is 0.0468 e. The van der Waals surface area contributed by atoms with Gasteiger partial charge in [-0.1, -0.05) is 234 Å². The summed E-state index contributed by atoms with van der Waals surface area (Å²) in [6.45, 7) is 9.51. The Bertz CT molecular complexity index is 4970. The van der Waals surface area contributed by atoms with E-state index in [0.717, 1.165) is 34.1 Å². The molecular weight excluding hydrogens is 1040 g/mol. The first kappa shape index (κ1) is 50.0. The predicted octanol–water partition coefficient (Wildman–Crippen LogP) is 23.5. The number of nitrogens with zero attached hydrogens (tertiary/aromatic N) is 2. The molecule has 0 saturated carbocycles. The molecule has 2 aliphatic rings. The highest BCUT2D eigenvalue weighted by molar-refractivity contribution is 6.24. The zero-order chi connectivity index (χ0) is 57.4. The van der Waals surface area contributed by atoms with Crippen molar-refractivity contribution in [3.63, 3.8) is 0 Å². The molecule has 406 valence electrons. The third kappa shape index (κ3) is 7.59. The van der Waals surface area contributed by atoms with Crippen LogP contribution in [-0.2, 0) is 10.8 Å². The molecule has 0 spiro atoms. The van der Waals surface area contributed by atoms with E-state index in [-0.39, 0.29) is 10.8 Å². The molecule has 0 unspecified atom stereocenters. The van der Waals surface area contributed by atoms with Gasteiger partial charge in [0.05, 0.1) is 0 Å². The normalized spacial score (nSPS) is 13.5. The molecule has 17 rings (SSSR count). The zero-order valence-corrected chi connectivity index (χ0v) is 48.6. The standard InChI is InChI=1S/C84H60N2/c1-83(2)77-29-17-15-27-67(77)69-43-39-63(51-79(69)83)85(59-21-7-5-8-22-59)61-41-45-71-75(49-61)81(57-37-35-55-33-31-53-19-11-13-25-65(53)73(55)47-57)72-46-42-62(50-76(72)82(71)58-38-36-56-34-32-54-20-12-14-26-66(54)74(56)48-58)86(60-23-9-6-10-24-60)64-40-44-70-68-28-16-18-30-78(68)84(3,4)80(70)52-64/h5-52H,1-4H3. The molecule has 0 radical (unpaired) electrons. The molecule has 0 aromatic heterocycles. The maximum Gasteiger partial charge on any atom is 0.0468 e. The van der Waals surface area contributed by atoms with Gasteiger partial charge in [-0.2, -0.15) is 0 Å². The third-order valence-electron chi connectivity index (χ3n) is 19.4. The molecular formula is C84H60N2. The average molecular weight is 1100 g/mol. The second-order valence-corrected chi connectivity index (χ2v) is 24.8. The molecule has 15 aromatic rings.